The number of aliphatic carboxylic acids is 1. The highest BCUT2D eigenvalue weighted by atomic mass is 19.4. The largest absolute Gasteiger partial charge is 0.490 e. The lowest BCUT2D eigenvalue weighted by Crippen LogP contribution is -2.21. The second kappa shape index (κ2) is 9.16. The molecule has 0 saturated heterocycles. The monoisotopic (exact) mass is 416 g/mol. The van der Waals surface area contributed by atoms with Gasteiger partial charge in [0.15, 0.2) is 11.6 Å². The number of halogens is 7. The van der Waals surface area contributed by atoms with Crippen molar-refractivity contribution in [1.29, 1.82) is 0 Å². The van der Waals surface area contributed by atoms with Crippen LogP contribution in [0.4, 0.5) is 30.7 Å². The number of aromatic nitrogens is 3. The Morgan fingerprint density at radius 1 is 1.21 bits per heavy atom. The quantitative estimate of drug-likeness (QED) is 0.661. The number of hydrogen-bond acceptors (Lipinski definition) is 4. The van der Waals surface area contributed by atoms with E-state index in [0.29, 0.717) is 0 Å². The number of nitrogens with zero attached hydrogens (tertiary/aromatic N) is 2. The van der Waals surface area contributed by atoms with Gasteiger partial charge in [0, 0.05) is 24.6 Å². The Hall–Kier alpha value is -3.16. The van der Waals surface area contributed by atoms with Crippen LogP contribution in [0.2, 0.25) is 0 Å². The maximum atomic E-state index is 13.2. The molecule has 1 aromatic carbocycles. The van der Waals surface area contributed by atoms with Gasteiger partial charge in [-0.05, 0) is 12.1 Å². The molecule has 0 saturated carbocycles. The molecule has 2 aromatic rings. The van der Waals surface area contributed by atoms with Crippen LogP contribution in [0, 0.1) is 11.6 Å². The zero-order valence-corrected chi connectivity index (χ0v) is 13.5. The molecule has 0 amide bonds. The second-order valence-corrected chi connectivity index (χ2v) is 4.93. The summed E-state index contributed by atoms with van der Waals surface area (Å²) in [4.78, 5) is 20.6. The Balaban J connectivity index is 0.000000480. The van der Waals surface area contributed by atoms with Crippen LogP contribution in [0.15, 0.2) is 34.6 Å². The molecule has 0 aliphatic rings. The van der Waals surface area contributed by atoms with E-state index in [0.717, 1.165) is 22.8 Å². The molecule has 1 heterocycles. The van der Waals surface area contributed by atoms with Gasteiger partial charge in [-0.2, -0.15) is 27.1 Å². The van der Waals surface area contributed by atoms with E-state index in [1.54, 1.807) is 0 Å². The minimum Gasteiger partial charge on any atom is -0.475 e. The molecule has 1 aromatic heterocycles. The SMILES string of the molecule is NCC(Cc1n[nH]c(=O)n1-c1ccc(F)c(F)c1)=C(F)F.O=C(O)C(F)(F)F. The molecule has 0 atom stereocenters. The minimum absolute atomic E-state index is 0.0294. The Labute approximate surface area is 150 Å². The van der Waals surface area contributed by atoms with Gasteiger partial charge in [0.25, 0.3) is 6.08 Å². The van der Waals surface area contributed by atoms with Crippen molar-refractivity contribution in [3.8, 4) is 5.69 Å². The highest BCUT2D eigenvalue weighted by Crippen LogP contribution is 2.16. The van der Waals surface area contributed by atoms with Gasteiger partial charge >= 0.3 is 17.8 Å². The van der Waals surface area contributed by atoms with Crippen molar-refractivity contribution in [1.82, 2.24) is 14.8 Å². The van der Waals surface area contributed by atoms with Crippen LogP contribution < -0.4 is 11.4 Å². The molecular weight excluding hydrogens is 405 g/mol. The zero-order valence-electron chi connectivity index (χ0n) is 13.5. The van der Waals surface area contributed by atoms with Crippen molar-refractivity contribution in [2.24, 2.45) is 5.73 Å². The number of hydrogen-bond donors (Lipinski definition) is 3. The van der Waals surface area contributed by atoms with Crippen molar-refractivity contribution in [2.45, 2.75) is 12.6 Å². The van der Waals surface area contributed by atoms with Crippen LogP contribution >= 0.6 is 0 Å². The summed E-state index contributed by atoms with van der Waals surface area (Å²) in [5.41, 5.74) is 4.00. The summed E-state index contributed by atoms with van der Waals surface area (Å²) in [6.45, 7) is -0.416. The first kappa shape index (κ1) is 22.9. The summed E-state index contributed by atoms with van der Waals surface area (Å²) in [6.07, 6.45) is -7.44. The number of nitrogens with one attached hydrogen (secondary N) is 1. The van der Waals surface area contributed by atoms with Crippen molar-refractivity contribution in [2.75, 3.05) is 6.54 Å². The third-order valence-electron chi connectivity index (χ3n) is 3.03. The van der Waals surface area contributed by atoms with Crippen LogP contribution in [-0.4, -0.2) is 38.6 Å². The third kappa shape index (κ3) is 5.94. The smallest absolute Gasteiger partial charge is 0.475 e. The average molecular weight is 416 g/mol. The number of carboxylic acids is 1. The van der Waals surface area contributed by atoms with Gasteiger partial charge in [0.2, 0.25) is 0 Å². The molecule has 4 N–H and O–H groups in total. The maximum Gasteiger partial charge on any atom is 0.490 e. The molecule has 154 valence electrons. The standard InChI is InChI=1S/C12H10F4N4O.C2HF3O2/c13-8-2-1-7(4-9(8)14)20-10(18-19-12(20)21)3-6(5-17)11(15)16;3-2(4,5)1(6)7/h1-2,4H,3,5,17H2,(H,19,21);(H,6,7). The number of rotatable bonds is 4. The van der Waals surface area contributed by atoms with Crippen molar-refractivity contribution >= 4 is 5.97 Å². The second-order valence-electron chi connectivity index (χ2n) is 4.93. The first-order chi connectivity index (χ1) is 12.9. The molecular formula is C14H11F7N4O3. The minimum atomic E-state index is -5.08. The van der Waals surface area contributed by atoms with E-state index in [4.69, 9.17) is 15.6 Å². The molecule has 14 heteroatoms. The van der Waals surface area contributed by atoms with Crippen molar-refractivity contribution in [3.63, 3.8) is 0 Å². The molecule has 0 unspecified atom stereocenters. The van der Waals surface area contributed by atoms with Crippen LogP contribution in [-0.2, 0) is 11.2 Å². The lowest BCUT2D eigenvalue weighted by Gasteiger charge is -2.07. The van der Waals surface area contributed by atoms with E-state index in [1.807, 2.05) is 0 Å². The highest BCUT2D eigenvalue weighted by molar-refractivity contribution is 5.73. The van der Waals surface area contributed by atoms with E-state index in [-0.39, 0.29) is 11.5 Å². The molecule has 0 aliphatic heterocycles. The number of alkyl halides is 3. The molecule has 7 nitrogen and oxygen atoms in total. The fourth-order valence-corrected chi connectivity index (χ4v) is 1.75. The summed E-state index contributed by atoms with van der Waals surface area (Å²) in [7, 11) is 0. The lowest BCUT2D eigenvalue weighted by molar-refractivity contribution is -0.192. The Morgan fingerprint density at radius 3 is 2.21 bits per heavy atom. The fraction of sp³-hybridized carbons (Fsp3) is 0.214. The van der Waals surface area contributed by atoms with E-state index < -0.39 is 54.1 Å². The molecule has 0 spiro atoms. The molecule has 2 rings (SSSR count). The van der Waals surface area contributed by atoms with Crippen LogP contribution in [0.3, 0.4) is 0 Å². The summed E-state index contributed by atoms with van der Waals surface area (Å²) < 4.78 is 84.0. The topological polar surface area (TPSA) is 114 Å². The van der Waals surface area contributed by atoms with Crippen LogP contribution in [0.5, 0.6) is 0 Å². The van der Waals surface area contributed by atoms with Gasteiger partial charge < -0.3 is 10.8 Å². The van der Waals surface area contributed by atoms with E-state index in [2.05, 4.69) is 10.2 Å². The number of aromatic amines is 1. The lowest BCUT2D eigenvalue weighted by atomic mass is 10.2. The average Bonchev–Trinajstić information content (AvgIpc) is 2.95. The number of benzene rings is 1. The summed E-state index contributed by atoms with van der Waals surface area (Å²) in [5.74, 6) is -5.10. The normalized spacial score (nSPS) is 10.9. The molecule has 28 heavy (non-hydrogen) atoms. The first-order valence-electron chi connectivity index (χ1n) is 7.03. The van der Waals surface area contributed by atoms with Gasteiger partial charge in [-0.3, -0.25) is 0 Å². The first-order valence-corrected chi connectivity index (χ1v) is 7.03. The summed E-state index contributed by atoms with van der Waals surface area (Å²) in [6, 6.07) is 2.73. The zero-order chi connectivity index (χ0) is 21.6. The molecule has 0 radical (unpaired) electrons. The van der Waals surface area contributed by atoms with Crippen LogP contribution in [0.1, 0.15) is 5.82 Å². The fourth-order valence-electron chi connectivity index (χ4n) is 1.75. The predicted molar refractivity (Wildman–Crippen MR) is 79.8 cm³/mol. The van der Waals surface area contributed by atoms with E-state index >= 15 is 0 Å². The Bertz CT molecular complexity index is 930. The van der Waals surface area contributed by atoms with Crippen LogP contribution in [0.25, 0.3) is 5.69 Å². The van der Waals surface area contributed by atoms with Crippen molar-refractivity contribution in [3.05, 3.63) is 57.8 Å². The molecule has 0 aliphatic carbocycles. The summed E-state index contributed by atoms with van der Waals surface area (Å²) in [5, 5.41) is 12.8. The van der Waals surface area contributed by atoms with Gasteiger partial charge in [0.1, 0.15) is 5.82 Å². The molecule has 0 fully saturated rings. The van der Waals surface area contributed by atoms with Gasteiger partial charge in [0.05, 0.1) is 5.69 Å². The number of H-pyrrole nitrogens is 1. The van der Waals surface area contributed by atoms with Gasteiger partial charge in [-0.25, -0.2) is 28.0 Å². The Kier molecular flexibility index (Phi) is 7.49. The highest BCUT2D eigenvalue weighted by Gasteiger charge is 2.38. The maximum absolute atomic E-state index is 13.2. The molecule has 0 bridgehead atoms. The van der Waals surface area contributed by atoms with Crippen molar-refractivity contribution < 1.29 is 40.6 Å². The number of carbonyl (C=O) groups is 1. The predicted octanol–water partition coefficient (Wildman–Crippen LogP) is 2.12. The summed E-state index contributed by atoms with van der Waals surface area (Å²) >= 11 is 0. The van der Waals surface area contributed by atoms with Gasteiger partial charge in [-0.15, -0.1) is 0 Å². The number of carboxylic acid groups (broad SMARTS) is 1. The number of nitrogens with two attached hydrogens (primary N) is 1. The third-order valence-corrected chi connectivity index (χ3v) is 3.03. The van der Waals surface area contributed by atoms with E-state index in [9.17, 15) is 35.5 Å². The van der Waals surface area contributed by atoms with Gasteiger partial charge in [-0.1, -0.05) is 0 Å². The Morgan fingerprint density at radius 2 is 1.79 bits per heavy atom. The van der Waals surface area contributed by atoms with E-state index in [1.165, 1.54) is 0 Å².